The maximum absolute atomic E-state index is 6.30. The second-order valence-electron chi connectivity index (χ2n) is 5.55. The Labute approximate surface area is 140 Å². The highest BCUT2D eigenvalue weighted by Crippen LogP contribution is 2.31. The topological polar surface area (TPSA) is 29.9 Å². The van der Waals surface area contributed by atoms with Crippen LogP contribution in [0, 0.1) is 0 Å². The number of aromatic nitrogens is 2. The molecular weight excluding hydrogens is 317 g/mol. The Hall–Kier alpha value is -1.29. The summed E-state index contributed by atoms with van der Waals surface area (Å²) in [5.74, 6) is 0. The van der Waals surface area contributed by atoms with Crippen LogP contribution in [0.4, 0.5) is 0 Å². The number of halogens is 2. The van der Waals surface area contributed by atoms with Crippen LogP contribution in [0.5, 0.6) is 0 Å². The average molecular weight is 336 g/mol. The first kappa shape index (κ1) is 15.6. The van der Waals surface area contributed by atoms with Crippen LogP contribution in [0.3, 0.4) is 0 Å². The molecule has 0 amide bonds. The standard InChI is InChI=1S/C17H19Cl2N3/c1-20-8-7-12-3-2-4-13-10-21-22(17(12)13)11-14-5-6-15(18)9-16(14)19/h5-7,9-10,20H,2-4,8,11H2,1H3/b12-7-. The lowest BCUT2D eigenvalue weighted by Crippen LogP contribution is -2.12. The molecule has 0 bridgehead atoms. The first-order valence-electron chi connectivity index (χ1n) is 7.51. The van der Waals surface area contributed by atoms with Gasteiger partial charge in [0.2, 0.25) is 0 Å². The van der Waals surface area contributed by atoms with Crippen molar-refractivity contribution in [1.29, 1.82) is 0 Å². The van der Waals surface area contributed by atoms with E-state index in [0.717, 1.165) is 24.9 Å². The highest BCUT2D eigenvalue weighted by Gasteiger charge is 2.20. The molecule has 22 heavy (non-hydrogen) atoms. The number of aryl methyl sites for hydroxylation is 1. The van der Waals surface area contributed by atoms with Crippen molar-refractivity contribution in [1.82, 2.24) is 15.1 Å². The summed E-state index contributed by atoms with van der Waals surface area (Å²) in [6.45, 7) is 1.55. The van der Waals surface area contributed by atoms with Crippen molar-refractivity contribution in [3.05, 3.63) is 57.3 Å². The van der Waals surface area contributed by atoms with Gasteiger partial charge in [0.05, 0.1) is 18.4 Å². The smallest absolute Gasteiger partial charge is 0.0681 e. The van der Waals surface area contributed by atoms with Crippen molar-refractivity contribution in [2.24, 2.45) is 0 Å². The number of rotatable bonds is 4. The van der Waals surface area contributed by atoms with Gasteiger partial charge in [-0.15, -0.1) is 0 Å². The second-order valence-corrected chi connectivity index (χ2v) is 6.40. The van der Waals surface area contributed by atoms with Crippen LogP contribution in [0.1, 0.15) is 29.7 Å². The van der Waals surface area contributed by atoms with Gasteiger partial charge >= 0.3 is 0 Å². The molecule has 5 heteroatoms. The Morgan fingerprint density at radius 1 is 1.32 bits per heavy atom. The van der Waals surface area contributed by atoms with Crippen LogP contribution in [0.15, 0.2) is 30.5 Å². The largest absolute Gasteiger partial charge is 0.316 e. The average Bonchev–Trinajstić information content (AvgIpc) is 2.92. The Bertz CT molecular complexity index is 704. The molecule has 1 aromatic carbocycles. The van der Waals surface area contributed by atoms with E-state index >= 15 is 0 Å². The van der Waals surface area contributed by atoms with Gasteiger partial charge in [0.25, 0.3) is 0 Å². The summed E-state index contributed by atoms with van der Waals surface area (Å²) in [7, 11) is 1.96. The summed E-state index contributed by atoms with van der Waals surface area (Å²) in [4.78, 5) is 0. The molecule has 1 heterocycles. The second kappa shape index (κ2) is 6.86. The van der Waals surface area contributed by atoms with E-state index in [2.05, 4.69) is 21.2 Å². The first-order chi connectivity index (χ1) is 10.7. The van der Waals surface area contributed by atoms with E-state index in [0.29, 0.717) is 16.6 Å². The van der Waals surface area contributed by atoms with Crippen LogP contribution < -0.4 is 5.32 Å². The first-order valence-corrected chi connectivity index (χ1v) is 8.27. The highest BCUT2D eigenvalue weighted by molar-refractivity contribution is 6.35. The Morgan fingerprint density at radius 2 is 2.18 bits per heavy atom. The van der Waals surface area contributed by atoms with Crippen molar-refractivity contribution in [2.75, 3.05) is 13.6 Å². The van der Waals surface area contributed by atoms with Crippen LogP contribution in [-0.4, -0.2) is 23.4 Å². The van der Waals surface area contributed by atoms with E-state index in [1.807, 2.05) is 25.4 Å². The molecule has 0 radical (unpaired) electrons. The molecule has 3 rings (SSSR count). The number of hydrogen-bond acceptors (Lipinski definition) is 2. The van der Waals surface area contributed by atoms with Gasteiger partial charge in [-0.1, -0.05) is 35.3 Å². The zero-order valence-electron chi connectivity index (χ0n) is 12.6. The molecule has 0 spiro atoms. The molecule has 0 atom stereocenters. The van der Waals surface area contributed by atoms with Gasteiger partial charge in [0, 0.05) is 16.6 Å². The van der Waals surface area contributed by atoms with Crippen molar-refractivity contribution in [2.45, 2.75) is 25.8 Å². The quantitative estimate of drug-likeness (QED) is 0.908. The summed E-state index contributed by atoms with van der Waals surface area (Å²) in [6.07, 6.45) is 7.65. The number of nitrogens with zero attached hydrogens (tertiary/aromatic N) is 2. The van der Waals surface area contributed by atoms with Crippen molar-refractivity contribution >= 4 is 28.8 Å². The third-order valence-electron chi connectivity index (χ3n) is 4.00. The van der Waals surface area contributed by atoms with Gasteiger partial charge in [-0.3, -0.25) is 4.68 Å². The number of benzene rings is 1. The summed E-state index contributed by atoms with van der Waals surface area (Å²) >= 11 is 12.3. The molecular formula is C17H19Cl2N3. The van der Waals surface area contributed by atoms with E-state index < -0.39 is 0 Å². The molecule has 0 saturated heterocycles. The van der Waals surface area contributed by atoms with Gasteiger partial charge in [-0.25, -0.2) is 0 Å². The summed E-state index contributed by atoms with van der Waals surface area (Å²) in [6, 6.07) is 5.63. The van der Waals surface area contributed by atoms with Gasteiger partial charge < -0.3 is 5.32 Å². The molecule has 0 unspecified atom stereocenters. The van der Waals surface area contributed by atoms with Crippen molar-refractivity contribution in [3.63, 3.8) is 0 Å². The number of nitrogens with one attached hydrogen (secondary N) is 1. The third-order valence-corrected chi connectivity index (χ3v) is 4.59. The maximum Gasteiger partial charge on any atom is 0.0681 e. The fourth-order valence-corrected chi connectivity index (χ4v) is 3.39. The third kappa shape index (κ3) is 3.22. The number of likely N-dealkylation sites (N-methyl/N-ethyl adjacent to an activating group) is 1. The molecule has 1 N–H and O–H groups in total. The molecule has 116 valence electrons. The van der Waals surface area contributed by atoms with E-state index in [4.69, 9.17) is 23.2 Å². The Kier molecular flexibility index (Phi) is 4.87. The van der Waals surface area contributed by atoms with Gasteiger partial charge in [-0.05, 0) is 55.1 Å². The Morgan fingerprint density at radius 3 is 2.95 bits per heavy atom. The lowest BCUT2D eigenvalue weighted by Gasteiger charge is -2.18. The summed E-state index contributed by atoms with van der Waals surface area (Å²) in [5.41, 5.74) is 5.00. The van der Waals surface area contributed by atoms with Gasteiger partial charge in [-0.2, -0.15) is 5.10 Å². The SMILES string of the molecule is CNC/C=C1/CCCc2cnn(Cc3ccc(Cl)cc3Cl)c21. The molecule has 0 saturated carbocycles. The normalized spacial score (nSPS) is 16.0. The van der Waals surface area contributed by atoms with E-state index in [1.165, 1.54) is 23.3 Å². The summed E-state index contributed by atoms with van der Waals surface area (Å²) < 4.78 is 2.06. The van der Waals surface area contributed by atoms with Crippen LogP contribution in [0.2, 0.25) is 10.0 Å². The fourth-order valence-electron chi connectivity index (χ4n) is 2.92. The van der Waals surface area contributed by atoms with Gasteiger partial charge in [0.1, 0.15) is 0 Å². The minimum Gasteiger partial charge on any atom is -0.316 e. The number of fused-ring (bicyclic) bond motifs is 1. The zero-order chi connectivity index (χ0) is 15.5. The van der Waals surface area contributed by atoms with Crippen molar-refractivity contribution in [3.8, 4) is 0 Å². The lowest BCUT2D eigenvalue weighted by atomic mass is 9.92. The predicted octanol–water partition coefficient (Wildman–Crippen LogP) is 4.18. The molecule has 0 aliphatic heterocycles. The number of hydrogen-bond donors (Lipinski definition) is 1. The molecule has 1 aromatic heterocycles. The highest BCUT2D eigenvalue weighted by atomic mass is 35.5. The maximum atomic E-state index is 6.30. The van der Waals surface area contributed by atoms with E-state index in [1.54, 1.807) is 6.07 Å². The van der Waals surface area contributed by atoms with Crippen LogP contribution >= 0.6 is 23.2 Å². The molecule has 1 aliphatic carbocycles. The van der Waals surface area contributed by atoms with E-state index in [9.17, 15) is 0 Å². The fraction of sp³-hybridized carbons (Fsp3) is 0.353. The minimum atomic E-state index is 0.658. The van der Waals surface area contributed by atoms with Crippen molar-refractivity contribution < 1.29 is 0 Å². The predicted molar refractivity (Wildman–Crippen MR) is 92.6 cm³/mol. The molecule has 2 aromatic rings. The monoisotopic (exact) mass is 335 g/mol. The minimum absolute atomic E-state index is 0.658. The molecule has 0 fully saturated rings. The molecule has 3 nitrogen and oxygen atoms in total. The van der Waals surface area contributed by atoms with Gasteiger partial charge in [0.15, 0.2) is 0 Å². The summed E-state index contributed by atoms with van der Waals surface area (Å²) in [5, 5.41) is 9.11. The van der Waals surface area contributed by atoms with E-state index in [-0.39, 0.29) is 0 Å². The lowest BCUT2D eigenvalue weighted by molar-refractivity contribution is 0.665. The molecule has 1 aliphatic rings. The van der Waals surface area contributed by atoms with Crippen LogP contribution in [-0.2, 0) is 13.0 Å². The zero-order valence-corrected chi connectivity index (χ0v) is 14.1. The number of allylic oxidation sites excluding steroid dienone is 1. The Balaban J connectivity index is 1.94. The van der Waals surface area contributed by atoms with Crippen LogP contribution in [0.25, 0.3) is 5.57 Å².